The fourth-order valence-electron chi connectivity index (χ4n) is 4.37. The number of piperidine rings is 2. The predicted octanol–water partition coefficient (Wildman–Crippen LogP) is 0.826. The van der Waals surface area contributed by atoms with Gasteiger partial charge in [-0.25, -0.2) is 4.39 Å². The number of imide groups is 2. The molecule has 0 aliphatic carbocycles. The number of anilines is 1. The summed E-state index contributed by atoms with van der Waals surface area (Å²) in [5, 5.41) is 11.2. The van der Waals surface area contributed by atoms with Gasteiger partial charge in [-0.1, -0.05) is 0 Å². The molecule has 1 aromatic carbocycles. The molecule has 3 aliphatic heterocycles. The molecule has 0 bridgehead atoms. The van der Waals surface area contributed by atoms with Gasteiger partial charge in [0.15, 0.2) is 0 Å². The van der Waals surface area contributed by atoms with Crippen LogP contribution in [-0.2, 0) is 9.59 Å². The number of rotatable bonds is 4. The topological polar surface area (TPSA) is 107 Å². The Morgan fingerprint density at radius 3 is 2.31 bits per heavy atom. The van der Waals surface area contributed by atoms with Gasteiger partial charge in [0.25, 0.3) is 11.8 Å². The summed E-state index contributed by atoms with van der Waals surface area (Å²) in [7, 11) is 0. The number of hydrogen-bond acceptors (Lipinski definition) is 6. The third kappa shape index (κ3) is 3.39. The van der Waals surface area contributed by atoms with Gasteiger partial charge < -0.3 is 10.0 Å². The smallest absolute Gasteiger partial charge is 0.262 e. The summed E-state index contributed by atoms with van der Waals surface area (Å²) >= 11 is 0. The van der Waals surface area contributed by atoms with Gasteiger partial charge in [0.2, 0.25) is 11.8 Å². The lowest BCUT2D eigenvalue weighted by Gasteiger charge is -2.33. The van der Waals surface area contributed by atoms with Gasteiger partial charge in [-0.3, -0.25) is 29.4 Å². The van der Waals surface area contributed by atoms with Gasteiger partial charge >= 0.3 is 0 Å². The van der Waals surface area contributed by atoms with Crippen LogP contribution in [0, 0.1) is 11.7 Å². The van der Waals surface area contributed by atoms with Crippen molar-refractivity contribution < 1.29 is 28.7 Å². The average molecular weight is 403 g/mol. The number of carbonyl (C=O) groups excluding carboxylic acids is 4. The van der Waals surface area contributed by atoms with Crippen LogP contribution in [0.3, 0.4) is 0 Å². The molecule has 0 radical (unpaired) electrons. The minimum Gasteiger partial charge on any atom is -0.396 e. The van der Waals surface area contributed by atoms with E-state index < -0.39 is 35.5 Å². The molecule has 3 aliphatic rings. The molecule has 1 unspecified atom stereocenters. The minimum absolute atomic E-state index is 0.0339. The highest BCUT2D eigenvalue weighted by Crippen LogP contribution is 2.34. The van der Waals surface area contributed by atoms with Crippen LogP contribution in [0.25, 0.3) is 0 Å². The quantitative estimate of drug-likeness (QED) is 0.721. The van der Waals surface area contributed by atoms with Crippen LogP contribution in [0.15, 0.2) is 12.1 Å². The molecule has 3 heterocycles. The zero-order valence-corrected chi connectivity index (χ0v) is 15.8. The molecule has 2 fully saturated rings. The number of nitrogens with one attached hydrogen (secondary N) is 1. The Morgan fingerprint density at radius 1 is 1.03 bits per heavy atom. The molecule has 154 valence electrons. The molecule has 0 aromatic heterocycles. The number of hydrogen-bond donors (Lipinski definition) is 2. The van der Waals surface area contributed by atoms with Crippen molar-refractivity contribution in [3.63, 3.8) is 0 Å². The Kier molecular flexibility index (Phi) is 5.08. The third-order valence-corrected chi connectivity index (χ3v) is 6.00. The number of amides is 4. The van der Waals surface area contributed by atoms with E-state index in [1.807, 2.05) is 4.90 Å². The molecule has 4 amide bonds. The van der Waals surface area contributed by atoms with Crippen molar-refractivity contribution in [3.8, 4) is 0 Å². The molecule has 29 heavy (non-hydrogen) atoms. The van der Waals surface area contributed by atoms with Crippen LogP contribution in [0.2, 0.25) is 0 Å². The van der Waals surface area contributed by atoms with E-state index >= 15 is 0 Å². The fourth-order valence-corrected chi connectivity index (χ4v) is 4.37. The van der Waals surface area contributed by atoms with E-state index in [1.54, 1.807) is 0 Å². The number of nitrogens with zero attached hydrogens (tertiary/aromatic N) is 2. The zero-order valence-electron chi connectivity index (χ0n) is 15.8. The Morgan fingerprint density at radius 2 is 1.69 bits per heavy atom. The molecule has 9 heteroatoms. The summed E-state index contributed by atoms with van der Waals surface area (Å²) in [5.74, 6) is -2.69. The van der Waals surface area contributed by atoms with E-state index in [0.29, 0.717) is 25.4 Å². The van der Waals surface area contributed by atoms with Gasteiger partial charge in [-0.2, -0.15) is 0 Å². The molecule has 2 N–H and O–H groups in total. The summed E-state index contributed by atoms with van der Waals surface area (Å²) in [6, 6.07) is 1.39. The van der Waals surface area contributed by atoms with Gasteiger partial charge in [0.1, 0.15) is 11.9 Å². The first-order chi connectivity index (χ1) is 13.9. The molecule has 1 aromatic rings. The second kappa shape index (κ2) is 7.55. The van der Waals surface area contributed by atoms with Crippen molar-refractivity contribution in [2.24, 2.45) is 5.92 Å². The standard InChI is InChI=1S/C20H22FN3O5/c21-14-9-12-13(10-16(14)23-6-3-11(4-7-23)5-8-25)20(29)24(19(12)28)15-1-2-17(26)22-18(15)27/h9-11,15,25H,1-8H2,(H,22,26,27). The molecule has 2 saturated heterocycles. The Bertz CT molecular complexity index is 894. The molecular formula is C20H22FN3O5. The molecule has 4 rings (SSSR count). The number of fused-ring (bicyclic) bond motifs is 1. The predicted molar refractivity (Wildman–Crippen MR) is 99.7 cm³/mol. The lowest BCUT2D eigenvalue weighted by atomic mass is 9.93. The summed E-state index contributed by atoms with van der Waals surface area (Å²) in [4.78, 5) is 51.8. The first-order valence-corrected chi connectivity index (χ1v) is 9.81. The van der Waals surface area contributed by atoms with Crippen molar-refractivity contribution in [2.45, 2.75) is 38.1 Å². The molecule has 1 atom stereocenters. The van der Waals surface area contributed by atoms with Crippen molar-refractivity contribution in [1.29, 1.82) is 0 Å². The van der Waals surface area contributed by atoms with E-state index in [9.17, 15) is 23.6 Å². The monoisotopic (exact) mass is 403 g/mol. The number of benzene rings is 1. The van der Waals surface area contributed by atoms with Crippen LogP contribution >= 0.6 is 0 Å². The maximum atomic E-state index is 14.8. The van der Waals surface area contributed by atoms with Gasteiger partial charge in [-0.05, 0) is 43.7 Å². The SMILES string of the molecule is O=C1CCC(N2C(=O)c3cc(F)c(N4CCC(CCO)CC4)cc3C2=O)C(=O)N1. The van der Waals surface area contributed by atoms with E-state index in [2.05, 4.69) is 5.32 Å². The summed E-state index contributed by atoms with van der Waals surface area (Å²) in [6.45, 7) is 1.32. The zero-order chi connectivity index (χ0) is 20.7. The maximum Gasteiger partial charge on any atom is 0.262 e. The third-order valence-electron chi connectivity index (χ3n) is 6.00. The summed E-state index contributed by atoms with van der Waals surface area (Å²) in [6.07, 6.45) is 2.43. The minimum atomic E-state index is -1.07. The average Bonchev–Trinajstić information content (AvgIpc) is 2.92. The Balaban J connectivity index is 1.58. The van der Waals surface area contributed by atoms with Crippen molar-refractivity contribution in [1.82, 2.24) is 10.2 Å². The van der Waals surface area contributed by atoms with Crippen molar-refractivity contribution in [3.05, 3.63) is 29.1 Å². The van der Waals surface area contributed by atoms with E-state index in [-0.39, 0.29) is 36.3 Å². The molecule has 0 spiro atoms. The van der Waals surface area contributed by atoms with Crippen molar-refractivity contribution >= 4 is 29.3 Å². The Hall–Kier alpha value is -2.81. The van der Waals surface area contributed by atoms with E-state index in [0.717, 1.165) is 23.8 Å². The first kappa shape index (κ1) is 19.5. The lowest BCUT2D eigenvalue weighted by molar-refractivity contribution is -0.136. The largest absolute Gasteiger partial charge is 0.396 e. The molecule has 0 saturated carbocycles. The second-order valence-electron chi connectivity index (χ2n) is 7.74. The van der Waals surface area contributed by atoms with Crippen LogP contribution in [0.5, 0.6) is 0 Å². The van der Waals surface area contributed by atoms with E-state index in [4.69, 9.17) is 5.11 Å². The van der Waals surface area contributed by atoms with Crippen LogP contribution in [0.4, 0.5) is 10.1 Å². The van der Waals surface area contributed by atoms with Gasteiger partial charge in [-0.15, -0.1) is 0 Å². The highest BCUT2D eigenvalue weighted by Gasteiger charge is 2.45. The van der Waals surface area contributed by atoms with Gasteiger partial charge in [0.05, 0.1) is 16.8 Å². The number of halogens is 1. The number of carbonyl (C=O) groups is 4. The number of aliphatic hydroxyl groups excluding tert-OH is 1. The first-order valence-electron chi connectivity index (χ1n) is 9.81. The summed E-state index contributed by atoms with van der Waals surface area (Å²) in [5.41, 5.74) is 0.280. The van der Waals surface area contributed by atoms with E-state index in [1.165, 1.54) is 6.07 Å². The number of aliphatic hydroxyl groups is 1. The Labute approximate surface area is 166 Å². The van der Waals surface area contributed by atoms with Crippen LogP contribution < -0.4 is 10.2 Å². The van der Waals surface area contributed by atoms with Crippen LogP contribution in [-0.4, -0.2) is 59.4 Å². The van der Waals surface area contributed by atoms with Crippen molar-refractivity contribution in [2.75, 3.05) is 24.6 Å². The lowest BCUT2D eigenvalue weighted by Crippen LogP contribution is -2.54. The van der Waals surface area contributed by atoms with Gasteiger partial charge in [0, 0.05) is 26.1 Å². The van der Waals surface area contributed by atoms with Crippen LogP contribution in [0.1, 0.15) is 52.8 Å². The highest BCUT2D eigenvalue weighted by atomic mass is 19.1. The fraction of sp³-hybridized carbons (Fsp3) is 0.500. The normalized spacial score (nSPS) is 22.9. The molecule has 8 nitrogen and oxygen atoms in total. The highest BCUT2D eigenvalue weighted by molar-refractivity contribution is 6.23. The second-order valence-corrected chi connectivity index (χ2v) is 7.74. The summed E-state index contributed by atoms with van der Waals surface area (Å²) < 4.78 is 14.8. The maximum absolute atomic E-state index is 14.8. The molecular weight excluding hydrogens is 381 g/mol.